The smallest absolute Gasteiger partial charge is 0.310 e. The molecule has 0 aliphatic carbocycles. The maximum Gasteiger partial charge on any atom is 0.310 e. The average Bonchev–Trinajstić information content (AvgIpc) is 2.81. The van der Waals surface area contributed by atoms with Crippen LogP contribution in [0.15, 0.2) is 18.3 Å². The summed E-state index contributed by atoms with van der Waals surface area (Å²) in [5.74, 6) is -1.24. The molecule has 18 heavy (non-hydrogen) atoms. The van der Waals surface area contributed by atoms with Gasteiger partial charge < -0.3 is 9.84 Å². The highest BCUT2D eigenvalue weighted by molar-refractivity contribution is 5.71. The number of aryl methyl sites for hydroxylation is 1. The average molecular weight is 250 g/mol. The number of carboxylic acid groups (broad SMARTS) is 1. The Morgan fingerprint density at radius 2 is 2.39 bits per heavy atom. The Balaban J connectivity index is 2.06. The number of carbonyl (C=O) groups is 1. The number of likely N-dealkylation sites (N-methyl/N-ethyl adjacent to an activating group) is 1. The third-order valence-electron chi connectivity index (χ3n) is 3.45. The van der Waals surface area contributed by atoms with E-state index in [2.05, 4.69) is 4.98 Å². The molecule has 2 unspecified atom stereocenters. The lowest BCUT2D eigenvalue weighted by molar-refractivity contribution is -0.143. The number of pyridine rings is 1. The zero-order valence-electron chi connectivity index (χ0n) is 10.7. The summed E-state index contributed by atoms with van der Waals surface area (Å²) in [4.78, 5) is 17.5. The van der Waals surface area contributed by atoms with Crippen molar-refractivity contribution in [1.82, 2.24) is 9.88 Å². The predicted octanol–water partition coefficient (Wildman–Crippen LogP) is 0.921. The third-order valence-corrected chi connectivity index (χ3v) is 3.45. The lowest BCUT2D eigenvalue weighted by atomic mass is 10.0. The molecule has 1 N–H and O–H groups in total. The minimum absolute atomic E-state index is 0.0797. The van der Waals surface area contributed by atoms with Gasteiger partial charge in [-0.05, 0) is 25.6 Å². The Hall–Kier alpha value is -1.46. The number of hydrogen-bond donors (Lipinski definition) is 1. The van der Waals surface area contributed by atoms with Crippen LogP contribution in [-0.2, 0) is 16.1 Å². The maximum absolute atomic E-state index is 11.1. The van der Waals surface area contributed by atoms with Gasteiger partial charge in [-0.3, -0.25) is 14.7 Å². The van der Waals surface area contributed by atoms with Crippen molar-refractivity contribution in [1.29, 1.82) is 0 Å². The number of ether oxygens (including phenoxy) is 1. The molecule has 5 heteroatoms. The van der Waals surface area contributed by atoms with Gasteiger partial charge in [0.2, 0.25) is 0 Å². The van der Waals surface area contributed by atoms with Crippen LogP contribution < -0.4 is 0 Å². The van der Waals surface area contributed by atoms with Gasteiger partial charge in [-0.25, -0.2) is 0 Å². The van der Waals surface area contributed by atoms with E-state index in [1.807, 2.05) is 31.0 Å². The molecule has 98 valence electrons. The molecule has 1 saturated heterocycles. The summed E-state index contributed by atoms with van der Waals surface area (Å²) in [6, 6.07) is 3.83. The first-order valence-corrected chi connectivity index (χ1v) is 6.01. The van der Waals surface area contributed by atoms with E-state index in [9.17, 15) is 4.79 Å². The van der Waals surface area contributed by atoms with E-state index in [-0.39, 0.29) is 6.04 Å². The maximum atomic E-state index is 11.1. The van der Waals surface area contributed by atoms with Crippen LogP contribution in [0.25, 0.3) is 0 Å². The van der Waals surface area contributed by atoms with Gasteiger partial charge in [0.1, 0.15) is 0 Å². The van der Waals surface area contributed by atoms with Gasteiger partial charge in [-0.2, -0.15) is 0 Å². The van der Waals surface area contributed by atoms with Crippen molar-refractivity contribution in [3.63, 3.8) is 0 Å². The van der Waals surface area contributed by atoms with Crippen molar-refractivity contribution >= 4 is 5.97 Å². The van der Waals surface area contributed by atoms with Gasteiger partial charge in [0.15, 0.2) is 0 Å². The summed E-state index contributed by atoms with van der Waals surface area (Å²) < 4.78 is 5.28. The van der Waals surface area contributed by atoms with Gasteiger partial charge in [-0.1, -0.05) is 6.07 Å². The number of nitrogens with zero attached hydrogens (tertiary/aromatic N) is 2. The van der Waals surface area contributed by atoms with Crippen molar-refractivity contribution in [2.45, 2.75) is 19.5 Å². The van der Waals surface area contributed by atoms with Crippen LogP contribution in [0.1, 0.15) is 11.3 Å². The highest BCUT2D eigenvalue weighted by Gasteiger charge is 2.36. The molecule has 1 aliphatic heterocycles. The molecule has 0 spiro atoms. The standard InChI is InChI=1S/C13H18N2O3/c1-9-4-3-5-14-11(9)6-15(2)12-8-18-7-10(12)13(16)17/h3-5,10,12H,6-8H2,1-2H3,(H,16,17). The monoisotopic (exact) mass is 250 g/mol. The number of aromatic nitrogens is 1. The Labute approximate surface area is 106 Å². The zero-order chi connectivity index (χ0) is 13.1. The fourth-order valence-electron chi connectivity index (χ4n) is 2.25. The van der Waals surface area contributed by atoms with Gasteiger partial charge >= 0.3 is 5.97 Å². The first-order valence-electron chi connectivity index (χ1n) is 6.01. The Bertz CT molecular complexity index is 436. The summed E-state index contributed by atoms with van der Waals surface area (Å²) in [6.07, 6.45) is 1.76. The number of aliphatic carboxylic acids is 1. The van der Waals surface area contributed by atoms with Crippen molar-refractivity contribution in [3.05, 3.63) is 29.6 Å². The molecule has 1 fully saturated rings. The highest BCUT2D eigenvalue weighted by Crippen LogP contribution is 2.20. The van der Waals surface area contributed by atoms with Crippen molar-refractivity contribution < 1.29 is 14.6 Å². The Morgan fingerprint density at radius 3 is 3.06 bits per heavy atom. The topological polar surface area (TPSA) is 62.7 Å². The third kappa shape index (κ3) is 2.68. The van der Waals surface area contributed by atoms with E-state index >= 15 is 0 Å². The minimum atomic E-state index is -0.790. The van der Waals surface area contributed by atoms with E-state index in [0.717, 1.165) is 11.3 Å². The van der Waals surface area contributed by atoms with Crippen LogP contribution in [0, 0.1) is 12.8 Å². The molecule has 0 amide bonds. The second kappa shape index (κ2) is 5.46. The molecule has 1 aromatic heterocycles. The molecule has 1 aliphatic rings. The first-order chi connectivity index (χ1) is 8.59. The van der Waals surface area contributed by atoms with Crippen LogP contribution in [-0.4, -0.2) is 47.3 Å². The summed E-state index contributed by atoms with van der Waals surface area (Å²) in [5.41, 5.74) is 2.10. The first kappa shape index (κ1) is 13.0. The fraction of sp³-hybridized carbons (Fsp3) is 0.538. The SMILES string of the molecule is Cc1cccnc1CN(C)C1COCC1C(=O)O. The molecule has 2 atom stereocenters. The van der Waals surface area contributed by atoms with Crippen LogP contribution in [0.2, 0.25) is 0 Å². The highest BCUT2D eigenvalue weighted by atomic mass is 16.5. The molecule has 0 saturated carbocycles. The van der Waals surface area contributed by atoms with Gasteiger partial charge in [-0.15, -0.1) is 0 Å². The van der Waals surface area contributed by atoms with Gasteiger partial charge in [0, 0.05) is 18.8 Å². The largest absolute Gasteiger partial charge is 0.481 e. The van der Waals surface area contributed by atoms with Gasteiger partial charge in [0.25, 0.3) is 0 Å². The molecule has 1 aromatic rings. The molecule has 0 aromatic carbocycles. The van der Waals surface area contributed by atoms with E-state index in [1.54, 1.807) is 6.20 Å². The van der Waals surface area contributed by atoms with Crippen molar-refractivity contribution in [2.24, 2.45) is 5.92 Å². The second-order valence-electron chi connectivity index (χ2n) is 4.73. The quantitative estimate of drug-likeness (QED) is 0.861. The second-order valence-corrected chi connectivity index (χ2v) is 4.73. The molecular weight excluding hydrogens is 232 g/mol. The van der Waals surface area contributed by atoms with Crippen molar-refractivity contribution in [2.75, 3.05) is 20.3 Å². The van der Waals surface area contributed by atoms with Crippen LogP contribution in [0.3, 0.4) is 0 Å². The van der Waals surface area contributed by atoms with Crippen LogP contribution in [0.4, 0.5) is 0 Å². The number of carboxylic acids is 1. The summed E-state index contributed by atoms with van der Waals surface area (Å²) in [6.45, 7) is 3.42. The summed E-state index contributed by atoms with van der Waals surface area (Å²) >= 11 is 0. The normalized spacial score (nSPS) is 23.5. The summed E-state index contributed by atoms with van der Waals surface area (Å²) in [5, 5.41) is 9.13. The minimum Gasteiger partial charge on any atom is -0.481 e. The van der Waals surface area contributed by atoms with E-state index < -0.39 is 11.9 Å². The lowest BCUT2D eigenvalue weighted by Crippen LogP contribution is -2.40. The van der Waals surface area contributed by atoms with Crippen LogP contribution >= 0.6 is 0 Å². The Morgan fingerprint density at radius 1 is 1.61 bits per heavy atom. The van der Waals surface area contributed by atoms with E-state index in [4.69, 9.17) is 9.84 Å². The van der Waals surface area contributed by atoms with E-state index in [1.165, 1.54) is 0 Å². The van der Waals surface area contributed by atoms with E-state index in [0.29, 0.717) is 19.8 Å². The lowest BCUT2D eigenvalue weighted by Gasteiger charge is -2.26. The zero-order valence-corrected chi connectivity index (χ0v) is 10.7. The fourth-order valence-corrected chi connectivity index (χ4v) is 2.25. The molecular formula is C13H18N2O3. The molecule has 0 bridgehead atoms. The Kier molecular flexibility index (Phi) is 3.93. The predicted molar refractivity (Wildman–Crippen MR) is 66.2 cm³/mol. The molecule has 0 radical (unpaired) electrons. The van der Waals surface area contributed by atoms with Crippen LogP contribution in [0.5, 0.6) is 0 Å². The number of hydrogen-bond acceptors (Lipinski definition) is 4. The van der Waals surface area contributed by atoms with Gasteiger partial charge in [0.05, 0.1) is 24.8 Å². The van der Waals surface area contributed by atoms with Crippen molar-refractivity contribution in [3.8, 4) is 0 Å². The number of rotatable bonds is 4. The molecule has 2 rings (SSSR count). The molecule has 5 nitrogen and oxygen atoms in total. The molecule has 2 heterocycles. The summed E-state index contributed by atoms with van der Waals surface area (Å²) in [7, 11) is 1.92.